The molecule has 1 fully saturated rings. The zero-order valence-electron chi connectivity index (χ0n) is 14.6. The van der Waals surface area contributed by atoms with E-state index < -0.39 is 0 Å². The molecule has 0 saturated carbocycles. The normalized spacial score (nSPS) is 17.0. The molecule has 0 aliphatic carbocycles. The van der Waals surface area contributed by atoms with Crippen molar-refractivity contribution in [3.8, 4) is 5.69 Å². The lowest BCUT2D eigenvalue weighted by Gasteiger charge is -2.13. The number of ether oxygens (including phenoxy) is 1. The van der Waals surface area contributed by atoms with Crippen LogP contribution in [0.5, 0.6) is 0 Å². The lowest BCUT2D eigenvalue weighted by atomic mass is 10.2. The number of nitrogens with zero attached hydrogens (tertiary/aromatic N) is 4. The van der Waals surface area contributed by atoms with Gasteiger partial charge in [0.2, 0.25) is 5.95 Å². The molecule has 4 heterocycles. The van der Waals surface area contributed by atoms with Crippen molar-refractivity contribution in [1.29, 1.82) is 0 Å². The SMILES string of the molecule is O=c1c2c[nH]nc2c2cnc(NC[C@@H]3CCCO3)nc2n1-c1ccccc1. The second kappa shape index (κ2) is 6.48. The van der Waals surface area contributed by atoms with Crippen LogP contribution in [0.4, 0.5) is 5.95 Å². The predicted molar refractivity (Wildman–Crippen MR) is 102 cm³/mol. The van der Waals surface area contributed by atoms with Crippen molar-refractivity contribution in [1.82, 2.24) is 24.7 Å². The van der Waals surface area contributed by atoms with E-state index in [1.807, 2.05) is 30.3 Å². The minimum atomic E-state index is -0.166. The first-order valence-corrected chi connectivity index (χ1v) is 8.97. The van der Waals surface area contributed by atoms with Gasteiger partial charge in [-0.1, -0.05) is 18.2 Å². The van der Waals surface area contributed by atoms with Gasteiger partial charge in [-0.2, -0.15) is 10.1 Å². The second-order valence-corrected chi connectivity index (χ2v) is 6.57. The fourth-order valence-corrected chi connectivity index (χ4v) is 3.50. The Morgan fingerprint density at radius 1 is 1.26 bits per heavy atom. The van der Waals surface area contributed by atoms with Crippen molar-refractivity contribution >= 4 is 27.9 Å². The molecule has 1 aliphatic rings. The number of aromatic nitrogens is 5. The number of para-hydroxylation sites is 1. The van der Waals surface area contributed by atoms with Crippen molar-refractivity contribution in [3.05, 3.63) is 53.1 Å². The average Bonchev–Trinajstić information content (AvgIpc) is 3.39. The van der Waals surface area contributed by atoms with Crippen LogP contribution >= 0.6 is 0 Å². The van der Waals surface area contributed by atoms with Crippen LogP contribution in [-0.4, -0.2) is 44.0 Å². The van der Waals surface area contributed by atoms with Crippen molar-refractivity contribution in [3.63, 3.8) is 0 Å². The summed E-state index contributed by atoms with van der Waals surface area (Å²) in [6.07, 6.45) is 5.61. The zero-order chi connectivity index (χ0) is 18.2. The summed E-state index contributed by atoms with van der Waals surface area (Å²) in [4.78, 5) is 22.1. The summed E-state index contributed by atoms with van der Waals surface area (Å²) in [5.41, 5.74) is 1.68. The molecule has 0 spiro atoms. The summed E-state index contributed by atoms with van der Waals surface area (Å²) < 4.78 is 7.24. The van der Waals surface area contributed by atoms with Gasteiger partial charge in [0.15, 0.2) is 5.65 Å². The van der Waals surface area contributed by atoms with E-state index in [-0.39, 0.29) is 11.7 Å². The molecule has 136 valence electrons. The number of rotatable bonds is 4. The molecule has 8 heteroatoms. The number of pyridine rings is 1. The van der Waals surface area contributed by atoms with Crippen molar-refractivity contribution in [2.75, 3.05) is 18.5 Å². The fourth-order valence-electron chi connectivity index (χ4n) is 3.50. The van der Waals surface area contributed by atoms with Crippen LogP contribution in [0.15, 0.2) is 47.5 Å². The highest BCUT2D eigenvalue weighted by Crippen LogP contribution is 2.22. The summed E-state index contributed by atoms with van der Waals surface area (Å²) >= 11 is 0. The fraction of sp³-hybridized carbons (Fsp3) is 0.263. The Labute approximate surface area is 154 Å². The molecule has 8 nitrogen and oxygen atoms in total. The third kappa shape index (κ3) is 2.74. The lowest BCUT2D eigenvalue weighted by molar-refractivity contribution is 0.120. The summed E-state index contributed by atoms with van der Waals surface area (Å²) in [5.74, 6) is 0.469. The molecule has 0 unspecified atom stereocenters. The Kier molecular flexibility index (Phi) is 3.83. The van der Waals surface area contributed by atoms with E-state index in [9.17, 15) is 4.79 Å². The standard InChI is InChI=1S/C19H18N6O2/c26-18-15-11-22-24-16(15)14-10-21-19(20-9-13-7-4-8-27-13)23-17(14)25(18)12-5-2-1-3-6-12/h1-3,5-6,10-11,13H,4,7-9H2,(H,22,24)(H,20,21,23)/t13-/m0/s1. The first-order chi connectivity index (χ1) is 13.3. The molecule has 0 amide bonds. The van der Waals surface area contributed by atoms with Crippen LogP contribution in [0, 0.1) is 0 Å². The van der Waals surface area contributed by atoms with Crippen LogP contribution < -0.4 is 10.9 Å². The molecule has 5 rings (SSSR count). The van der Waals surface area contributed by atoms with Gasteiger partial charge < -0.3 is 10.1 Å². The van der Waals surface area contributed by atoms with Gasteiger partial charge in [0, 0.05) is 25.5 Å². The van der Waals surface area contributed by atoms with Gasteiger partial charge in [0.1, 0.15) is 5.52 Å². The molecule has 0 radical (unpaired) electrons. The first kappa shape index (κ1) is 16.0. The lowest BCUT2D eigenvalue weighted by Crippen LogP contribution is -2.22. The Balaban J connectivity index is 1.67. The van der Waals surface area contributed by atoms with Gasteiger partial charge in [-0.3, -0.25) is 14.5 Å². The highest BCUT2D eigenvalue weighted by atomic mass is 16.5. The highest BCUT2D eigenvalue weighted by molar-refractivity contribution is 6.02. The van der Waals surface area contributed by atoms with E-state index in [1.54, 1.807) is 17.0 Å². The largest absolute Gasteiger partial charge is 0.376 e. The van der Waals surface area contributed by atoms with E-state index in [0.717, 1.165) is 30.5 Å². The molecule has 27 heavy (non-hydrogen) atoms. The van der Waals surface area contributed by atoms with Crippen molar-refractivity contribution in [2.45, 2.75) is 18.9 Å². The van der Waals surface area contributed by atoms with Crippen LogP contribution in [-0.2, 0) is 4.74 Å². The van der Waals surface area contributed by atoms with E-state index in [4.69, 9.17) is 4.74 Å². The summed E-state index contributed by atoms with van der Waals surface area (Å²) in [6, 6.07) is 9.47. The summed E-state index contributed by atoms with van der Waals surface area (Å²) in [5, 5.41) is 11.5. The van der Waals surface area contributed by atoms with Crippen LogP contribution in [0.1, 0.15) is 12.8 Å². The van der Waals surface area contributed by atoms with Crippen molar-refractivity contribution < 1.29 is 4.74 Å². The first-order valence-electron chi connectivity index (χ1n) is 8.97. The average molecular weight is 362 g/mol. The number of fused-ring (bicyclic) bond motifs is 3. The minimum Gasteiger partial charge on any atom is -0.376 e. The third-order valence-electron chi connectivity index (χ3n) is 4.84. The number of benzene rings is 1. The smallest absolute Gasteiger partial charge is 0.267 e. The van der Waals surface area contributed by atoms with Gasteiger partial charge in [-0.05, 0) is 25.0 Å². The van der Waals surface area contributed by atoms with Crippen LogP contribution in [0.3, 0.4) is 0 Å². The van der Waals surface area contributed by atoms with E-state index in [0.29, 0.717) is 29.0 Å². The molecule has 2 N–H and O–H groups in total. The Morgan fingerprint density at radius 2 is 2.15 bits per heavy atom. The van der Waals surface area contributed by atoms with E-state index >= 15 is 0 Å². The Morgan fingerprint density at radius 3 is 2.96 bits per heavy atom. The van der Waals surface area contributed by atoms with Gasteiger partial charge in [-0.25, -0.2) is 4.98 Å². The number of hydrogen-bond donors (Lipinski definition) is 2. The van der Waals surface area contributed by atoms with Crippen LogP contribution in [0.25, 0.3) is 27.6 Å². The van der Waals surface area contributed by atoms with Gasteiger partial charge in [0.25, 0.3) is 5.56 Å². The maximum Gasteiger partial charge on any atom is 0.267 e. The predicted octanol–water partition coefficient (Wildman–Crippen LogP) is 2.25. The zero-order valence-corrected chi connectivity index (χ0v) is 14.6. The molecular formula is C19H18N6O2. The van der Waals surface area contributed by atoms with Crippen LogP contribution in [0.2, 0.25) is 0 Å². The van der Waals surface area contributed by atoms with Crippen molar-refractivity contribution in [2.24, 2.45) is 0 Å². The maximum atomic E-state index is 13.1. The number of H-pyrrole nitrogens is 1. The second-order valence-electron chi connectivity index (χ2n) is 6.57. The molecular weight excluding hydrogens is 344 g/mol. The summed E-state index contributed by atoms with van der Waals surface area (Å²) in [7, 11) is 0. The number of anilines is 1. The van der Waals surface area contributed by atoms with Gasteiger partial charge in [0.05, 0.1) is 22.6 Å². The number of aromatic amines is 1. The number of nitrogens with one attached hydrogen (secondary N) is 2. The highest BCUT2D eigenvalue weighted by Gasteiger charge is 2.18. The molecule has 1 atom stereocenters. The quantitative estimate of drug-likeness (QED) is 0.578. The molecule has 4 aromatic rings. The maximum absolute atomic E-state index is 13.1. The molecule has 1 aromatic carbocycles. The van der Waals surface area contributed by atoms with Gasteiger partial charge in [-0.15, -0.1) is 0 Å². The Bertz CT molecular complexity index is 1160. The monoisotopic (exact) mass is 362 g/mol. The molecule has 1 aliphatic heterocycles. The van der Waals surface area contributed by atoms with E-state index in [1.165, 1.54) is 0 Å². The Hall–Kier alpha value is -3.26. The molecule has 0 bridgehead atoms. The topological polar surface area (TPSA) is 97.7 Å². The third-order valence-corrected chi connectivity index (χ3v) is 4.84. The molecule has 1 saturated heterocycles. The van der Waals surface area contributed by atoms with E-state index in [2.05, 4.69) is 25.5 Å². The summed E-state index contributed by atoms with van der Waals surface area (Å²) in [6.45, 7) is 1.45. The van der Waals surface area contributed by atoms with Gasteiger partial charge >= 0.3 is 0 Å². The molecule has 3 aromatic heterocycles. The number of hydrogen-bond acceptors (Lipinski definition) is 6. The minimum absolute atomic E-state index is 0.166.